The molecule has 1 N–H and O–H groups in total. The maximum atomic E-state index is 13.2. The summed E-state index contributed by atoms with van der Waals surface area (Å²) in [6, 6.07) is 12.4. The molecule has 1 atom stereocenters. The number of benzene rings is 2. The van der Waals surface area contributed by atoms with Crippen LogP contribution in [0.25, 0.3) is 0 Å². The summed E-state index contributed by atoms with van der Waals surface area (Å²) in [5.41, 5.74) is 2.77. The number of ether oxygens (including phenoxy) is 2. The second-order valence-corrected chi connectivity index (χ2v) is 10.8. The highest BCUT2D eigenvalue weighted by Gasteiger charge is 2.35. The summed E-state index contributed by atoms with van der Waals surface area (Å²) in [6.45, 7) is 7.91. The number of aromatic nitrogens is 3. The molecule has 0 fully saturated rings. The first-order valence-electron chi connectivity index (χ1n) is 12.2. The molecule has 0 amide bonds. The minimum atomic E-state index is -0.498. The molecule has 1 aliphatic heterocycles. The fourth-order valence-corrected chi connectivity index (χ4v) is 5.34. The molecule has 196 valence electrons. The van der Waals surface area contributed by atoms with Crippen LogP contribution in [0.3, 0.4) is 0 Å². The molecule has 2 aromatic carbocycles. The Bertz CT molecular complexity index is 1270. The number of allylic oxidation sites excluding steroid dienone is 1. The SMILES string of the molecule is CCCCSc1nc2n(n1)C(c1ccc(OCc3c(Cl)cccc3Cl)cc1)C(C(=O)OC(C)C)=C(C)N2. The van der Waals surface area contributed by atoms with Gasteiger partial charge in [-0.15, -0.1) is 5.10 Å². The van der Waals surface area contributed by atoms with E-state index < -0.39 is 6.04 Å². The highest BCUT2D eigenvalue weighted by molar-refractivity contribution is 7.99. The zero-order valence-electron chi connectivity index (χ0n) is 21.3. The van der Waals surface area contributed by atoms with Crippen LogP contribution in [0, 0.1) is 0 Å². The number of unbranched alkanes of at least 4 members (excludes halogenated alkanes) is 1. The Kier molecular flexibility index (Phi) is 9.05. The zero-order chi connectivity index (χ0) is 26.5. The van der Waals surface area contributed by atoms with Crippen LogP contribution in [0.1, 0.15) is 57.7 Å². The quantitative estimate of drug-likeness (QED) is 0.158. The molecule has 3 aromatic rings. The third-order valence-corrected chi connectivity index (χ3v) is 7.40. The maximum Gasteiger partial charge on any atom is 0.338 e. The number of anilines is 1. The number of thioether (sulfide) groups is 1. The number of hydrogen-bond donors (Lipinski definition) is 1. The van der Waals surface area contributed by atoms with Gasteiger partial charge in [0.05, 0.1) is 11.7 Å². The second kappa shape index (κ2) is 12.2. The van der Waals surface area contributed by atoms with Gasteiger partial charge in [-0.05, 0) is 57.0 Å². The van der Waals surface area contributed by atoms with Gasteiger partial charge in [-0.1, -0.05) is 66.5 Å². The number of carbonyl (C=O) groups is 1. The van der Waals surface area contributed by atoms with E-state index in [4.69, 9.17) is 37.8 Å². The van der Waals surface area contributed by atoms with Gasteiger partial charge in [0.15, 0.2) is 0 Å². The normalized spacial score (nSPS) is 14.9. The number of fused-ring (bicyclic) bond motifs is 1. The van der Waals surface area contributed by atoms with E-state index >= 15 is 0 Å². The van der Waals surface area contributed by atoms with Crippen LogP contribution < -0.4 is 10.1 Å². The van der Waals surface area contributed by atoms with Crippen LogP contribution in [-0.2, 0) is 16.1 Å². The van der Waals surface area contributed by atoms with E-state index in [0.29, 0.717) is 38.2 Å². The highest BCUT2D eigenvalue weighted by Crippen LogP contribution is 2.37. The Balaban J connectivity index is 1.63. The topological polar surface area (TPSA) is 78.3 Å². The van der Waals surface area contributed by atoms with Crippen molar-refractivity contribution in [1.29, 1.82) is 0 Å². The Labute approximate surface area is 231 Å². The lowest BCUT2D eigenvalue weighted by molar-refractivity contribution is -0.143. The number of nitrogens with one attached hydrogen (secondary N) is 1. The van der Waals surface area contributed by atoms with Crippen molar-refractivity contribution in [2.75, 3.05) is 11.1 Å². The van der Waals surface area contributed by atoms with Crippen LogP contribution in [0.15, 0.2) is 58.9 Å². The van der Waals surface area contributed by atoms with E-state index in [0.717, 1.165) is 29.7 Å². The van der Waals surface area contributed by atoms with Crippen LogP contribution in [0.5, 0.6) is 5.75 Å². The van der Waals surface area contributed by atoms with Crippen molar-refractivity contribution >= 4 is 46.9 Å². The van der Waals surface area contributed by atoms with E-state index in [9.17, 15) is 4.79 Å². The minimum Gasteiger partial charge on any atom is -0.489 e. The number of halogens is 2. The Hall–Kier alpha value is -2.68. The van der Waals surface area contributed by atoms with Gasteiger partial charge in [0.25, 0.3) is 0 Å². The molecular weight excluding hydrogens is 531 g/mol. The zero-order valence-corrected chi connectivity index (χ0v) is 23.6. The predicted octanol–water partition coefficient (Wildman–Crippen LogP) is 7.30. The van der Waals surface area contributed by atoms with Crippen LogP contribution >= 0.6 is 35.0 Å². The standard InChI is InChI=1S/C27H30Cl2N4O3S/c1-5-6-14-37-27-31-26-30-17(4)23(25(34)36-16(2)3)24(33(26)32-27)18-10-12-19(13-11-18)35-15-20-21(28)8-7-9-22(20)29/h7-13,16,24H,5-6,14-15H2,1-4H3,(H,30,31,32). The number of esters is 1. The molecule has 0 aliphatic carbocycles. The molecule has 37 heavy (non-hydrogen) atoms. The van der Waals surface area contributed by atoms with Crippen LogP contribution in [0.4, 0.5) is 5.95 Å². The lowest BCUT2D eigenvalue weighted by Crippen LogP contribution is -2.30. The number of nitrogens with zero attached hydrogens (tertiary/aromatic N) is 3. The summed E-state index contributed by atoms with van der Waals surface area (Å²) in [4.78, 5) is 17.9. The summed E-state index contributed by atoms with van der Waals surface area (Å²) in [5.74, 6) is 1.78. The van der Waals surface area contributed by atoms with Gasteiger partial charge in [0.2, 0.25) is 11.1 Å². The predicted molar refractivity (Wildman–Crippen MR) is 149 cm³/mol. The fourth-order valence-electron chi connectivity index (χ4n) is 3.92. The Morgan fingerprint density at radius 1 is 1.16 bits per heavy atom. The van der Waals surface area contributed by atoms with Gasteiger partial charge in [-0.2, -0.15) is 4.98 Å². The summed E-state index contributed by atoms with van der Waals surface area (Å²) in [5, 5.41) is 9.77. The van der Waals surface area contributed by atoms with Gasteiger partial charge >= 0.3 is 5.97 Å². The fraction of sp³-hybridized carbons (Fsp3) is 0.370. The van der Waals surface area contributed by atoms with Gasteiger partial charge < -0.3 is 14.8 Å². The third-order valence-electron chi connectivity index (χ3n) is 5.77. The molecule has 0 spiro atoms. The third kappa shape index (κ3) is 6.43. The largest absolute Gasteiger partial charge is 0.489 e. The maximum absolute atomic E-state index is 13.2. The second-order valence-electron chi connectivity index (χ2n) is 8.94. The Morgan fingerprint density at radius 3 is 2.51 bits per heavy atom. The first kappa shape index (κ1) is 27.4. The van der Waals surface area contributed by atoms with Crippen molar-refractivity contribution < 1.29 is 14.3 Å². The van der Waals surface area contributed by atoms with Gasteiger partial charge in [-0.3, -0.25) is 0 Å². The van der Waals surface area contributed by atoms with Crippen molar-refractivity contribution in [2.45, 2.75) is 64.4 Å². The molecule has 0 saturated heterocycles. The number of rotatable bonds is 10. The van der Waals surface area contributed by atoms with E-state index in [1.807, 2.05) is 45.0 Å². The van der Waals surface area contributed by atoms with Crippen molar-refractivity contribution in [3.05, 3.63) is 74.9 Å². The van der Waals surface area contributed by atoms with Gasteiger partial charge in [0.1, 0.15) is 18.4 Å². The van der Waals surface area contributed by atoms with Crippen molar-refractivity contribution in [2.24, 2.45) is 0 Å². The molecule has 1 aromatic heterocycles. The summed E-state index contributed by atoms with van der Waals surface area (Å²) in [7, 11) is 0. The molecule has 10 heteroatoms. The highest BCUT2D eigenvalue weighted by atomic mass is 35.5. The first-order chi connectivity index (χ1) is 17.8. The average Bonchev–Trinajstić information content (AvgIpc) is 3.25. The molecule has 1 unspecified atom stereocenters. The van der Waals surface area contributed by atoms with Crippen molar-refractivity contribution in [1.82, 2.24) is 14.8 Å². The number of hydrogen-bond acceptors (Lipinski definition) is 7. The number of carbonyl (C=O) groups excluding carboxylic acids is 1. The lowest BCUT2D eigenvalue weighted by atomic mass is 9.95. The van der Waals surface area contributed by atoms with Gasteiger partial charge in [0, 0.05) is 27.1 Å². The molecule has 0 saturated carbocycles. The molecule has 0 radical (unpaired) electrons. The van der Waals surface area contributed by atoms with Crippen molar-refractivity contribution in [3.63, 3.8) is 0 Å². The van der Waals surface area contributed by atoms with Crippen LogP contribution in [-0.4, -0.2) is 32.6 Å². The average molecular weight is 562 g/mol. The minimum absolute atomic E-state index is 0.238. The summed E-state index contributed by atoms with van der Waals surface area (Å²) in [6.07, 6.45) is 1.93. The molecule has 7 nitrogen and oxygen atoms in total. The molecule has 4 rings (SSSR count). The van der Waals surface area contributed by atoms with E-state index in [-0.39, 0.29) is 18.7 Å². The van der Waals surface area contributed by atoms with E-state index in [1.165, 1.54) is 0 Å². The van der Waals surface area contributed by atoms with E-state index in [1.54, 1.807) is 34.6 Å². The molecule has 1 aliphatic rings. The van der Waals surface area contributed by atoms with Gasteiger partial charge in [-0.25, -0.2) is 9.48 Å². The van der Waals surface area contributed by atoms with Crippen molar-refractivity contribution in [3.8, 4) is 5.75 Å². The molecule has 2 heterocycles. The van der Waals surface area contributed by atoms with E-state index in [2.05, 4.69) is 17.2 Å². The monoisotopic (exact) mass is 560 g/mol. The summed E-state index contributed by atoms with van der Waals surface area (Å²) >= 11 is 14.1. The van der Waals surface area contributed by atoms with Crippen LogP contribution in [0.2, 0.25) is 10.0 Å². The summed E-state index contributed by atoms with van der Waals surface area (Å²) < 4.78 is 13.3. The molecule has 0 bridgehead atoms. The molecular formula is C27H30Cl2N4O3S. The Morgan fingerprint density at radius 2 is 1.86 bits per heavy atom. The first-order valence-corrected chi connectivity index (χ1v) is 14.0. The lowest BCUT2D eigenvalue weighted by Gasteiger charge is -2.28. The smallest absolute Gasteiger partial charge is 0.338 e.